The van der Waals surface area contributed by atoms with E-state index in [0.29, 0.717) is 40.4 Å². The first-order chi connectivity index (χ1) is 27.0. The summed E-state index contributed by atoms with van der Waals surface area (Å²) >= 11 is 0. The topological polar surface area (TPSA) is 126 Å². The van der Waals surface area contributed by atoms with Gasteiger partial charge in [0.1, 0.15) is 18.1 Å². The number of ketones is 1. The molecule has 0 spiro atoms. The molecule has 56 heavy (non-hydrogen) atoms. The number of aromatic amines is 1. The number of fused-ring (bicyclic) bond motifs is 5. The number of aromatic nitrogens is 1. The minimum absolute atomic E-state index is 0.0306. The molecule has 0 saturated carbocycles. The second-order valence-corrected chi connectivity index (χ2v) is 16.6. The lowest BCUT2D eigenvalue weighted by molar-refractivity contribution is -0.136. The number of piperidine rings is 2. The number of nitrogens with zero attached hydrogens (tertiary/aromatic N) is 4. The Balaban J connectivity index is 0.839. The quantitative estimate of drug-likeness (QED) is 0.197. The van der Waals surface area contributed by atoms with Gasteiger partial charge >= 0.3 is 0 Å². The Morgan fingerprint density at radius 3 is 2.38 bits per heavy atom. The molecular formula is C44H47FN6O5. The molecule has 0 bridgehead atoms. The van der Waals surface area contributed by atoms with Gasteiger partial charge in [-0.25, -0.2) is 4.39 Å². The van der Waals surface area contributed by atoms with Crippen LogP contribution in [-0.2, 0) is 34.5 Å². The molecule has 4 aliphatic heterocycles. The molecule has 5 aliphatic rings. The number of halogens is 1. The van der Waals surface area contributed by atoms with E-state index in [1.807, 2.05) is 12.1 Å². The zero-order chi connectivity index (χ0) is 39.0. The maximum atomic E-state index is 15.9. The van der Waals surface area contributed by atoms with Crippen LogP contribution in [0.15, 0.2) is 42.5 Å². The number of carbonyl (C=O) groups excluding carboxylic acids is 5. The number of H-pyrrole nitrogens is 1. The van der Waals surface area contributed by atoms with E-state index in [1.54, 1.807) is 18.2 Å². The van der Waals surface area contributed by atoms with Gasteiger partial charge in [0.05, 0.1) is 12.1 Å². The average Bonchev–Trinajstić information content (AvgIpc) is 3.76. The fourth-order valence-electron chi connectivity index (χ4n) is 9.95. The molecule has 9 rings (SSSR count). The molecule has 12 heteroatoms. The highest BCUT2D eigenvalue weighted by atomic mass is 19.1. The molecule has 5 heterocycles. The summed E-state index contributed by atoms with van der Waals surface area (Å²) in [4.78, 5) is 75.1. The van der Waals surface area contributed by atoms with Crippen LogP contribution in [0.25, 0.3) is 10.9 Å². The first-order valence-corrected chi connectivity index (χ1v) is 20.0. The first-order valence-electron chi connectivity index (χ1n) is 20.0. The molecule has 1 aromatic heterocycles. The maximum absolute atomic E-state index is 15.9. The number of hydrogen-bond acceptors (Lipinski definition) is 8. The lowest BCUT2D eigenvalue weighted by Gasteiger charge is -2.44. The summed E-state index contributed by atoms with van der Waals surface area (Å²) in [6.45, 7) is 12.3. The predicted octanol–water partition coefficient (Wildman–Crippen LogP) is 5.10. The van der Waals surface area contributed by atoms with Gasteiger partial charge in [-0.05, 0) is 61.1 Å². The Hall–Kier alpha value is -5.20. The molecule has 3 saturated heterocycles. The SMILES string of the molecule is CCc1cc2c(cc1N1CCC(N3CCN(Cc4ccc5c(c4F)CN(C4CCC(=O)NC4=O)C5=O)CC3)CC1)C(C)(C)c1[nH]c3cc(C=O)ccc3c1C2=O. The largest absolute Gasteiger partial charge is 0.371 e. The number of nitrogens with one attached hydrogen (secondary N) is 2. The van der Waals surface area contributed by atoms with Crippen LogP contribution in [-0.4, -0.2) is 101 Å². The highest BCUT2D eigenvalue weighted by Gasteiger charge is 2.42. The number of carbonyl (C=O) groups is 5. The van der Waals surface area contributed by atoms with Gasteiger partial charge in [-0.3, -0.25) is 39.1 Å². The van der Waals surface area contributed by atoms with Gasteiger partial charge in [-0.15, -0.1) is 0 Å². The number of hydrogen-bond donors (Lipinski definition) is 2. The van der Waals surface area contributed by atoms with Crippen molar-refractivity contribution in [3.05, 3.63) is 98.5 Å². The summed E-state index contributed by atoms with van der Waals surface area (Å²) in [5.41, 5.74) is 7.91. The number of rotatable bonds is 7. The highest BCUT2D eigenvalue weighted by Crippen LogP contribution is 2.46. The van der Waals surface area contributed by atoms with Gasteiger partial charge < -0.3 is 14.8 Å². The number of imide groups is 1. The second-order valence-electron chi connectivity index (χ2n) is 16.6. The maximum Gasteiger partial charge on any atom is 0.255 e. The molecular weight excluding hydrogens is 712 g/mol. The summed E-state index contributed by atoms with van der Waals surface area (Å²) in [6.07, 6.45) is 4.12. The molecule has 1 aliphatic carbocycles. The monoisotopic (exact) mass is 758 g/mol. The third kappa shape index (κ3) is 5.87. The van der Waals surface area contributed by atoms with E-state index in [-0.39, 0.29) is 42.8 Å². The molecule has 4 aromatic rings. The molecule has 3 fully saturated rings. The molecule has 11 nitrogen and oxygen atoms in total. The molecule has 290 valence electrons. The Kier molecular flexibility index (Phi) is 8.96. The van der Waals surface area contributed by atoms with Gasteiger partial charge in [0.25, 0.3) is 5.91 Å². The van der Waals surface area contributed by atoms with E-state index < -0.39 is 17.4 Å². The highest BCUT2D eigenvalue weighted by molar-refractivity contribution is 6.20. The Morgan fingerprint density at radius 2 is 1.66 bits per heavy atom. The van der Waals surface area contributed by atoms with Crippen LogP contribution in [0, 0.1) is 5.82 Å². The summed E-state index contributed by atoms with van der Waals surface area (Å²) in [5, 5.41) is 3.16. The fraction of sp³-hybridized carbons (Fsp3) is 0.432. The van der Waals surface area contributed by atoms with Gasteiger partial charge in [-0.2, -0.15) is 0 Å². The second kappa shape index (κ2) is 13.8. The summed E-state index contributed by atoms with van der Waals surface area (Å²) < 4.78 is 15.9. The number of aldehydes is 1. The van der Waals surface area contributed by atoms with Gasteiger partial charge in [0, 0.05) is 114 Å². The van der Waals surface area contributed by atoms with Crippen LogP contribution in [0.4, 0.5) is 10.1 Å². The van der Waals surface area contributed by atoms with Gasteiger partial charge in [0.2, 0.25) is 11.8 Å². The minimum Gasteiger partial charge on any atom is -0.371 e. The van der Waals surface area contributed by atoms with Crippen molar-refractivity contribution in [1.29, 1.82) is 0 Å². The molecule has 2 N–H and O–H groups in total. The normalized spacial score (nSPS) is 21.7. The van der Waals surface area contributed by atoms with Crippen LogP contribution in [0.1, 0.15) is 111 Å². The number of benzene rings is 3. The van der Waals surface area contributed by atoms with Crippen molar-refractivity contribution in [2.45, 2.75) is 83.5 Å². The average molecular weight is 759 g/mol. The predicted molar refractivity (Wildman–Crippen MR) is 210 cm³/mol. The fourth-order valence-corrected chi connectivity index (χ4v) is 9.95. The van der Waals surface area contributed by atoms with Crippen molar-refractivity contribution < 1.29 is 28.4 Å². The molecule has 1 atom stereocenters. The van der Waals surface area contributed by atoms with Crippen LogP contribution >= 0.6 is 0 Å². The molecule has 0 radical (unpaired) electrons. The van der Waals surface area contributed by atoms with Crippen LogP contribution in [0.2, 0.25) is 0 Å². The van der Waals surface area contributed by atoms with Crippen molar-refractivity contribution in [3.63, 3.8) is 0 Å². The molecule has 1 unspecified atom stereocenters. The van der Waals surface area contributed by atoms with Crippen molar-refractivity contribution >= 4 is 46.4 Å². The van der Waals surface area contributed by atoms with Gasteiger partial charge in [-0.1, -0.05) is 39.0 Å². The Labute approximate surface area is 325 Å². The Morgan fingerprint density at radius 1 is 0.893 bits per heavy atom. The molecule has 3 aromatic carbocycles. The van der Waals surface area contributed by atoms with Gasteiger partial charge in [0.15, 0.2) is 5.78 Å². The van der Waals surface area contributed by atoms with Crippen molar-refractivity contribution in [2.24, 2.45) is 0 Å². The van der Waals surface area contributed by atoms with E-state index in [0.717, 1.165) is 92.5 Å². The van der Waals surface area contributed by atoms with Crippen LogP contribution < -0.4 is 10.2 Å². The zero-order valence-corrected chi connectivity index (χ0v) is 32.2. The number of amides is 3. The first kappa shape index (κ1) is 36.4. The molecule has 3 amide bonds. The van der Waals surface area contributed by atoms with E-state index in [9.17, 15) is 24.0 Å². The van der Waals surface area contributed by atoms with Crippen LogP contribution in [0.3, 0.4) is 0 Å². The van der Waals surface area contributed by atoms with E-state index >= 15 is 4.39 Å². The van der Waals surface area contributed by atoms with E-state index in [2.05, 4.69) is 57.9 Å². The number of piperazine rings is 1. The third-order valence-corrected chi connectivity index (χ3v) is 13.2. The third-order valence-electron chi connectivity index (χ3n) is 13.2. The summed E-state index contributed by atoms with van der Waals surface area (Å²) in [7, 11) is 0. The minimum atomic E-state index is -0.769. The number of anilines is 1. The smallest absolute Gasteiger partial charge is 0.255 e. The van der Waals surface area contributed by atoms with Crippen LogP contribution in [0.5, 0.6) is 0 Å². The number of aryl methyl sites for hydroxylation is 1. The van der Waals surface area contributed by atoms with Crippen molar-refractivity contribution in [2.75, 3.05) is 44.2 Å². The summed E-state index contributed by atoms with van der Waals surface area (Å²) in [5.74, 6) is -1.56. The van der Waals surface area contributed by atoms with E-state index in [4.69, 9.17) is 0 Å². The lowest BCUT2D eigenvalue weighted by Crippen LogP contribution is -2.53. The lowest BCUT2D eigenvalue weighted by atomic mass is 9.70. The van der Waals surface area contributed by atoms with Crippen molar-refractivity contribution in [3.8, 4) is 0 Å². The summed E-state index contributed by atoms with van der Waals surface area (Å²) in [6, 6.07) is 12.9. The van der Waals surface area contributed by atoms with Crippen molar-refractivity contribution in [1.82, 2.24) is 25.0 Å². The Bertz CT molecular complexity index is 2330. The standard InChI is InChI=1S/C44H47FN6O5/c1-4-26-20-31-33(44(2,3)41-38(40(31)54)30-7-5-25(24-52)19-34(30)46-41)21-36(26)50-13-11-28(12-14-50)49-17-15-48(16-18-49)22-27-6-8-29-32(39(27)45)23-51(43(29)56)35-9-10-37(53)47-42(35)55/h5-8,19-21,24,28,35,46H,4,9-18,22-23H2,1-3H3,(H,47,53,55). The zero-order valence-electron chi connectivity index (χ0n) is 32.2. The van der Waals surface area contributed by atoms with E-state index in [1.165, 1.54) is 16.2 Å².